The third kappa shape index (κ3) is 2.36. The number of anilines is 1. The van der Waals surface area contributed by atoms with Crippen molar-refractivity contribution in [2.45, 2.75) is 32.7 Å². The minimum absolute atomic E-state index is 0.392. The first kappa shape index (κ1) is 13.0. The summed E-state index contributed by atoms with van der Waals surface area (Å²) in [7, 11) is 0. The summed E-state index contributed by atoms with van der Waals surface area (Å²) in [5.41, 5.74) is 8.38. The molecule has 0 saturated heterocycles. The summed E-state index contributed by atoms with van der Waals surface area (Å²) < 4.78 is 1.95. The van der Waals surface area contributed by atoms with Crippen molar-refractivity contribution >= 4 is 17.3 Å². The number of hydrogen-bond acceptors (Lipinski definition) is 2. The second-order valence-corrected chi connectivity index (χ2v) is 4.77. The van der Waals surface area contributed by atoms with E-state index in [1.54, 1.807) is 0 Å². The summed E-state index contributed by atoms with van der Waals surface area (Å²) in [6, 6.07) is 8.03. The maximum atomic E-state index is 6.18. The molecule has 0 bridgehead atoms. The van der Waals surface area contributed by atoms with Crippen LogP contribution in [0.15, 0.2) is 30.5 Å². The lowest BCUT2D eigenvalue weighted by Crippen LogP contribution is -2.07. The summed E-state index contributed by atoms with van der Waals surface area (Å²) in [6.45, 7) is 4.31. The summed E-state index contributed by atoms with van der Waals surface area (Å²) >= 11 is 6.18. The van der Waals surface area contributed by atoms with E-state index in [0.717, 1.165) is 24.1 Å². The predicted octanol–water partition coefficient (Wildman–Crippen LogP) is 4.15. The van der Waals surface area contributed by atoms with Crippen LogP contribution in [0.25, 0.3) is 11.3 Å². The normalized spacial score (nSPS) is 11.1. The largest absolute Gasteiger partial charge is 0.396 e. The first-order chi connectivity index (χ1) is 8.67. The molecule has 3 nitrogen and oxygen atoms in total. The van der Waals surface area contributed by atoms with Crippen molar-refractivity contribution in [3.8, 4) is 11.3 Å². The van der Waals surface area contributed by atoms with Gasteiger partial charge in [-0.2, -0.15) is 5.10 Å². The Morgan fingerprint density at radius 2 is 1.94 bits per heavy atom. The van der Waals surface area contributed by atoms with Crippen molar-refractivity contribution in [1.82, 2.24) is 9.78 Å². The molecule has 1 aromatic heterocycles. The topological polar surface area (TPSA) is 43.8 Å². The van der Waals surface area contributed by atoms with Gasteiger partial charge >= 0.3 is 0 Å². The molecular formula is C14H18ClN3. The number of rotatable bonds is 4. The Labute approximate surface area is 113 Å². The van der Waals surface area contributed by atoms with E-state index in [9.17, 15) is 0 Å². The molecule has 1 heterocycles. The molecule has 18 heavy (non-hydrogen) atoms. The first-order valence-corrected chi connectivity index (χ1v) is 6.64. The quantitative estimate of drug-likeness (QED) is 0.901. The van der Waals surface area contributed by atoms with Crippen LogP contribution in [0.4, 0.5) is 5.69 Å². The van der Waals surface area contributed by atoms with Crippen LogP contribution in [0, 0.1) is 0 Å². The maximum Gasteiger partial charge on any atom is 0.117 e. The molecular weight excluding hydrogens is 246 g/mol. The lowest BCUT2D eigenvalue weighted by atomic mass is 10.1. The van der Waals surface area contributed by atoms with E-state index in [1.807, 2.05) is 35.1 Å². The van der Waals surface area contributed by atoms with Crippen LogP contribution in [-0.4, -0.2) is 9.78 Å². The van der Waals surface area contributed by atoms with Gasteiger partial charge in [0, 0.05) is 11.8 Å². The SMILES string of the molecule is CCC(CC)n1cc(N)c(-c2ccccc2Cl)n1. The molecule has 0 radical (unpaired) electrons. The van der Waals surface area contributed by atoms with Crippen molar-refractivity contribution in [2.24, 2.45) is 0 Å². The molecule has 0 saturated carbocycles. The fraction of sp³-hybridized carbons (Fsp3) is 0.357. The summed E-state index contributed by atoms with van der Waals surface area (Å²) in [4.78, 5) is 0. The molecule has 96 valence electrons. The summed E-state index contributed by atoms with van der Waals surface area (Å²) in [5.74, 6) is 0. The van der Waals surface area contributed by atoms with E-state index < -0.39 is 0 Å². The third-order valence-corrected chi connectivity index (χ3v) is 3.54. The van der Waals surface area contributed by atoms with Gasteiger partial charge < -0.3 is 5.73 Å². The Morgan fingerprint density at radius 3 is 2.56 bits per heavy atom. The van der Waals surface area contributed by atoms with E-state index in [-0.39, 0.29) is 0 Å². The van der Waals surface area contributed by atoms with E-state index >= 15 is 0 Å². The number of aromatic nitrogens is 2. The zero-order valence-electron chi connectivity index (χ0n) is 10.7. The fourth-order valence-corrected chi connectivity index (χ4v) is 2.34. The Morgan fingerprint density at radius 1 is 1.28 bits per heavy atom. The van der Waals surface area contributed by atoms with Gasteiger partial charge in [-0.3, -0.25) is 4.68 Å². The Bertz CT molecular complexity index is 530. The number of hydrogen-bond donors (Lipinski definition) is 1. The van der Waals surface area contributed by atoms with E-state index in [0.29, 0.717) is 16.8 Å². The number of nitrogens with zero attached hydrogens (tertiary/aromatic N) is 2. The van der Waals surface area contributed by atoms with Gasteiger partial charge in [-0.25, -0.2) is 0 Å². The Balaban J connectivity index is 2.44. The highest BCUT2D eigenvalue weighted by atomic mass is 35.5. The molecule has 0 aliphatic carbocycles. The van der Waals surface area contributed by atoms with Gasteiger partial charge in [0.2, 0.25) is 0 Å². The molecule has 2 aromatic rings. The zero-order chi connectivity index (χ0) is 13.1. The van der Waals surface area contributed by atoms with Gasteiger partial charge in [-0.05, 0) is 18.9 Å². The van der Waals surface area contributed by atoms with Crippen molar-refractivity contribution in [3.05, 3.63) is 35.5 Å². The van der Waals surface area contributed by atoms with Crippen LogP contribution >= 0.6 is 11.6 Å². The number of nitrogen functional groups attached to an aromatic ring is 1. The van der Waals surface area contributed by atoms with E-state index in [2.05, 4.69) is 18.9 Å². The molecule has 4 heteroatoms. The summed E-state index contributed by atoms with van der Waals surface area (Å²) in [6.07, 6.45) is 3.98. The maximum absolute atomic E-state index is 6.18. The van der Waals surface area contributed by atoms with Gasteiger partial charge in [0.05, 0.1) is 16.8 Å². The van der Waals surface area contributed by atoms with Gasteiger partial charge in [0.15, 0.2) is 0 Å². The van der Waals surface area contributed by atoms with Crippen LogP contribution in [0.2, 0.25) is 5.02 Å². The van der Waals surface area contributed by atoms with Crippen LogP contribution in [0.5, 0.6) is 0 Å². The van der Waals surface area contributed by atoms with Crippen molar-refractivity contribution in [1.29, 1.82) is 0 Å². The van der Waals surface area contributed by atoms with Crippen molar-refractivity contribution < 1.29 is 0 Å². The van der Waals surface area contributed by atoms with E-state index in [4.69, 9.17) is 17.3 Å². The number of halogens is 1. The van der Waals surface area contributed by atoms with Gasteiger partial charge in [0.25, 0.3) is 0 Å². The lowest BCUT2D eigenvalue weighted by molar-refractivity contribution is 0.429. The Hall–Kier alpha value is -1.48. The number of benzene rings is 1. The zero-order valence-corrected chi connectivity index (χ0v) is 11.5. The fourth-order valence-electron chi connectivity index (χ4n) is 2.12. The molecule has 0 amide bonds. The van der Waals surface area contributed by atoms with Gasteiger partial charge in [-0.1, -0.05) is 43.6 Å². The minimum Gasteiger partial charge on any atom is -0.396 e. The highest BCUT2D eigenvalue weighted by molar-refractivity contribution is 6.33. The van der Waals surface area contributed by atoms with E-state index in [1.165, 1.54) is 0 Å². The highest BCUT2D eigenvalue weighted by Gasteiger charge is 2.14. The highest BCUT2D eigenvalue weighted by Crippen LogP contribution is 2.31. The van der Waals surface area contributed by atoms with Gasteiger partial charge in [0.1, 0.15) is 5.69 Å². The second kappa shape index (κ2) is 5.44. The summed E-state index contributed by atoms with van der Waals surface area (Å²) in [5, 5.41) is 5.27. The minimum atomic E-state index is 0.392. The lowest BCUT2D eigenvalue weighted by Gasteiger charge is -2.12. The Kier molecular flexibility index (Phi) is 3.92. The van der Waals surface area contributed by atoms with Crippen molar-refractivity contribution in [2.75, 3.05) is 5.73 Å². The molecule has 0 fully saturated rings. The standard InChI is InChI=1S/C14H18ClN3/c1-3-10(4-2)18-9-13(16)14(17-18)11-7-5-6-8-12(11)15/h5-10H,3-4,16H2,1-2H3. The molecule has 2 rings (SSSR count). The van der Waals surface area contributed by atoms with Crippen LogP contribution in [0.1, 0.15) is 32.7 Å². The molecule has 0 spiro atoms. The molecule has 2 N–H and O–H groups in total. The monoisotopic (exact) mass is 263 g/mol. The molecule has 0 atom stereocenters. The smallest absolute Gasteiger partial charge is 0.117 e. The molecule has 0 aliphatic rings. The first-order valence-electron chi connectivity index (χ1n) is 6.26. The van der Waals surface area contributed by atoms with Crippen LogP contribution in [0.3, 0.4) is 0 Å². The van der Waals surface area contributed by atoms with Crippen molar-refractivity contribution in [3.63, 3.8) is 0 Å². The second-order valence-electron chi connectivity index (χ2n) is 4.36. The van der Waals surface area contributed by atoms with Gasteiger partial charge in [-0.15, -0.1) is 0 Å². The van der Waals surface area contributed by atoms with Crippen LogP contribution in [-0.2, 0) is 0 Å². The average Bonchev–Trinajstić information content (AvgIpc) is 2.73. The van der Waals surface area contributed by atoms with Crippen LogP contribution < -0.4 is 5.73 Å². The molecule has 1 aromatic carbocycles. The third-order valence-electron chi connectivity index (χ3n) is 3.21. The molecule has 0 aliphatic heterocycles. The number of nitrogens with two attached hydrogens (primary N) is 1. The average molecular weight is 264 g/mol. The molecule has 0 unspecified atom stereocenters. The predicted molar refractivity (Wildman–Crippen MR) is 76.7 cm³/mol.